The minimum atomic E-state index is -0.232. The Morgan fingerprint density at radius 1 is 1.28 bits per heavy atom. The lowest BCUT2D eigenvalue weighted by Crippen LogP contribution is -2.48. The van der Waals surface area contributed by atoms with Crippen LogP contribution in [0.2, 0.25) is 5.02 Å². The van der Waals surface area contributed by atoms with Crippen LogP contribution in [-0.4, -0.2) is 40.4 Å². The summed E-state index contributed by atoms with van der Waals surface area (Å²) < 4.78 is 0. The number of hydrogen-bond donors (Lipinski definition) is 1. The van der Waals surface area contributed by atoms with E-state index in [9.17, 15) is 10.1 Å². The Hall–Kier alpha value is -2.69. The number of aromatic nitrogens is 2. The topological polar surface area (TPSA) is 85.2 Å². The molecule has 8 heteroatoms. The van der Waals surface area contributed by atoms with Crippen LogP contribution >= 0.6 is 11.6 Å². The molecule has 1 aromatic carbocycles. The Bertz CT molecular complexity index is 950. The van der Waals surface area contributed by atoms with Gasteiger partial charge in [-0.05, 0) is 56.5 Å². The predicted octanol–water partition coefficient (Wildman–Crippen LogP) is 4.57. The van der Waals surface area contributed by atoms with Crippen molar-refractivity contribution in [1.29, 1.82) is 5.26 Å². The highest BCUT2D eigenvalue weighted by atomic mass is 35.5. The van der Waals surface area contributed by atoms with Gasteiger partial charge in [-0.3, -0.25) is 15.2 Å². The molecule has 3 rings (SSSR count). The maximum absolute atomic E-state index is 13.0. The number of carbonyl (C=O) groups excluding carboxylic acids is 1. The van der Waals surface area contributed by atoms with Gasteiger partial charge >= 0.3 is 0 Å². The van der Waals surface area contributed by atoms with Crippen molar-refractivity contribution >= 4 is 23.3 Å². The molecule has 1 heterocycles. The molecule has 1 aromatic heterocycles. The van der Waals surface area contributed by atoms with E-state index < -0.39 is 0 Å². The molecule has 1 N–H and O–H groups in total. The minimum absolute atomic E-state index is 0.0209. The first kappa shape index (κ1) is 24.0. The lowest BCUT2D eigenvalue weighted by molar-refractivity contribution is 0.0944. The Morgan fingerprint density at radius 3 is 2.59 bits per heavy atom. The van der Waals surface area contributed by atoms with Gasteiger partial charge in [0, 0.05) is 12.1 Å². The molecule has 0 unspecified atom stereocenters. The van der Waals surface area contributed by atoms with Crippen LogP contribution in [0, 0.1) is 17.2 Å². The molecule has 0 bridgehead atoms. The number of amides is 1. The monoisotopic (exact) mass is 454 g/mol. The standard InChI is InChI=1S/C24H31ClN6O/c1-17(2)12-13-30(3)16-18-8-10-19(11-9-18)24(32)29-31(20-6-4-5-7-20)23-21(25)15-27-22(14-26)28-23/h8-11,15,17,20H,4-7,12-13,16H2,1-3H3,(H,29,32). The molecule has 170 valence electrons. The van der Waals surface area contributed by atoms with Crippen LogP contribution in [0.15, 0.2) is 30.5 Å². The largest absolute Gasteiger partial charge is 0.302 e. The fourth-order valence-corrected chi connectivity index (χ4v) is 4.05. The fraction of sp³-hybridized carbons (Fsp3) is 0.500. The number of benzene rings is 1. The summed E-state index contributed by atoms with van der Waals surface area (Å²) in [5, 5.41) is 11.2. The van der Waals surface area contributed by atoms with E-state index in [1.807, 2.05) is 30.3 Å². The number of hydrazine groups is 1. The van der Waals surface area contributed by atoms with Crippen molar-refractivity contribution < 1.29 is 4.79 Å². The summed E-state index contributed by atoms with van der Waals surface area (Å²) in [5.41, 5.74) is 4.70. The molecule has 1 aliphatic carbocycles. The zero-order chi connectivity index (χ0) is 23.1. The number of rotatable bonds is 9. The van der Waals surface area contributed by atoms with Gasteiger partial charge in [0.25, 0.3) is 5.91 Å². The first-order chi connectivity index (χ1) is 15.4. The average Bonchev–Trinajstić information content (AvgIpc) is 3.31. The van der Waals surface area contributed by atoms with Crippen LogP contribution in [0.3, 0.4) is 0 Å². The molecule has 0 aliphatic heterocycles. The molecule has 0 spiro atoms. The molecule has 0 radical (unpaired) electrons. The van der Waals surface area contributed by atoms with Gasteiger partial charge in [-0.25, -0.2) is 4.98 Å². The van der Waals surface area contributed by atoms with E-state index in [-0.39, 0.29) is 17.8 Å². The molecule has 1 fully saturated rings. The van der Waals surface area contributed by atoms with E-state index in [1.54, 1.807) is 5.01 Å². The summed E-state index contributed by atoms with van der Waals surface area (Å²) in [6.45, 7) is 6.34. The number of hydrogen-bond acceptors (Lipinski definition) is 6. The number of nitrogens with zero attached hydrogens (tertiary/aromatic N) is 5. The summed E-state index contributed by atoms with van der Waals surface area (Å²) in [6.07, 6.45) is 6.55. The average molecular weight is 455 g/mol. The van der Waals surface area contributed by atoms with Crippen molar-refractivity contribution in [2.24, 2.45) is 5.92 Å². The third kappa shape index (κ3) is 6.41. The van der Waals surface area contributed by atoms with E-state index in [0.29, 0.717) is 22.3 Å². The summed E-state index contributed by atoms with van der Waals surface area (Å²) >= 11 is 6.34. The van der Waals surface area contributed by atoms with Crippen LogP contribution in [0.1, 0.15) is 67.7 Å². The Kier molecular flexibility index (Phi) is 8.43. The molecule has 7 nitrogen and oxygen atoms in total. The molecular weight excluding hydrogens is 424 g/mol. The Balaban J connectivity index is 1.72. The molecule has 1 amide bonds. The molecular formula is C24H31ClN6O. The second-order valence-electron chi connectivity index (χ2n) is 8.84. The van der Waals surface area contributed by atoms with Crippen LogP contribution in [0.4, 0.5) is 5.82 Å². The second kappa shape index (κ2) is 11.3. The van der Waals surface area contributed by atoms with Gasteiger partial charge in [0.15, 0.2) is 5.82 Å². The molecule has 32 heavy (non-hydrogen) atoms. The highest BCUT2D eigenvalue weighted by Crippen LogP contribution is 2.30. The highest BCUT2D eigenvalue weighted by molar-refractivity contribution is 6.32. The van der Waals surface area contributed by atoms with Crippen molar-refractivity contribution in [1.82, 2.24) is 20.3 Å². The maximum atomic E-state index is 13.0. The van der Waals surface area contributed by atoms with E-state index in [4.69, 9.17) is 11.6 Å². The Morgan fingerprint density at radius 2 is 1.97 bits per heavy atom. The SMILES string of the molecule is CC(C)CCN(C)Cc1ccc(C(=O)NN(c2nc(C#N)ncc2Cl)C2CCCC2)cc1. The van der Waals surface area contributed by atoms with Gasteiger partial charge in [0.1, 0.15) is 11.1 Å². The van der Waals surface area contributed by atoms with Gasteiger partial charge in [-0.15, -0.1) is 0 Å². The van der Waals surface area contributed by atoms with Gasteiger partial charge in [-0.1, -0.05) is 50.4 Å². The third-order valence-corrected chi connectivity index (χ3v) is 5.99. The first-order valence-corrected chi connectivity index (χ1v) is 11.6. The third-order valence-electron chi connectivity index (χ3n) is 5.72. The summed E-state index contributed by atoms with van der Waals surface area (Å²) in [7, 11) is 2.11. The first-order valence-electron chi connectivity index (χ1n) is 11.2. The minimum Gasteiger partial charge on any atom is -0.302 e. The summed E-state index contributed by atoms with van der Waals surface area (Å²) in [6, 6.07) is 9.68. The quantitative estimate of drug-likeness (QED) is 0.558. The fourth-order valence-electron chi connectivity index (χ4n) is 3.87. The number of nitrogens with one attached hydrogen (secondary N) is 1. The van der Waals surface area contributed by atoms with Crippen LogP contribution in [0.5, 0.6) is 0 Å². The predicted molar refractivity (Wildman–Crippen MR) is 126 cm³/mol. The highest BCUT2D eigenvalue weighted by Gasteiger charge is 2.28. The number of halogens is 1. The van der Waals surface area contributed by atoms with Gasteiger partial charge < -0.3 is 4.90 Å². The van der Waals surface area contributed by atoms with Crippen molar-refractivity contribution in [3.63, 3.8) is 0 Å². The Labute approximate surface area is 195 Å². The molecule has 0 saturated heterocycles. The molecule has 0 atom stereocenters. The number of nitriles is 1. The summed E-state index contributed by atoms with van der Waals surface area (Å²) in [4.78, 5) is 23.5. The van der Waals surface area contributed by atoms with Crippen molar-refractivity contribution in [2.45, 2.75) is 58.5 Å². The number of carbonyl (C=O) groups is 1. The van der Waals surface area contributed by atoms with Crippen molar-refractivity contribution in [3.8, 4) is 6.07 Å². The normalized spacial score (nSPS) is 14.0. The van der Waals surface area contributed by atoms with E-state index in [2.05, 4.69) is 41.2 Å². The van der Waals surface area contributed by atoms with Crippen LogP contribution in [0.25, 0.3) is 0 Å². The lowest BCUT2D eigenvalue weighted by Gasteiger charge is -2.30. The van der Waals surface area contributed by atoms with Gasteiger partial charge in [-0.2, -0.15) is 10.2 Å². The lowest BCUT2D eigenvalue weighted by atomic mass is 10.1. The van der Waals surface area contributed by atoms with Crippen molar-refractivity contribution in [3.05, 3.63) is 52.4 Å². The molecule has 1 aliphatic rings. The second-order valence-corrected chi connectivity index (χ2v) is 9.25. The van der Waals surface area contributed by atoms with Crippen LogP contribution < -0.4 is 10.4 Å². The van der Waals surface area contributed by atoms with E-state index in [0.717, 1.165) is 50.8 Å². The summed E-state index contributed by atoms with van der Waals surface area (Å²) in [5.74, 6) is 0.832. The number of anilines is 1. The smallest absolute Gasteiger partial charge is 0.269 e. The van der Waals surface area contributed by atoms with Gasteiger partial charge in [0.05, 0.1) is 12.2 Å². The van der Waals surface area contributed by atoms with Gasteiger partial charge in [0.2, 0.25) is 5.82 Å². The molecule has 1 saturated carbocycles. The zero-order valence-corrected chi connectivity index (χ0v) is 19.8. The zero-order valence-electron chi connectivity index (χ0n) is 19.0. The van der Waals surface area contributed by atoms with E-state index in [1.165, 1.54) is 6.20 Å². The molecule has 2 aromatic rings. The maximum Gasteiger partial charge on any atom is 0.269 e. The van der Waals surface area contributed by atoms with Crippen LogP contribution in [-0.2, 0) is 6.54 Å². The van der Waals surface area contributed by atoms with E-state index >= 15 is 0 Å². The van der Waals surface area contributed by atoms with Crippen molar-refractivity contribution in [2.75, 3.05) is 18.6 Å².